The van der Waals surface area contributed by atoms with E-state index in [1.54, 1.807) is 18.4 Å². The number of hydrogen-bond donors (Lipinski definition) is 3. The Kier molecular flexibility index (Phi) is 12.2. The third-order valence-electron chi connectivity index (χ3n) is 6.75. The molecule has 1 aliphatic heterocycles. The second-order valence-corrected chi connectivity index (χ2v) is 12.0. The summed E-state index contributed by atoms with van der Waals surface area (Å²) in [5, 5.41) is 16.0. The molecule has 226 valence electrons. The van der Waals surface area contributed by atoms with E-state index in [0.29, 0.717) is 19.8 Å². The van der Waals surface area contributed by atoms with Crippen LogP contribution in [0.4, 0.5) is 0 Å². The van der Waals surface area contributed by atoms with Crippen LogP contribution in [0, 0.1) is 12.3 Å². The van der Waals surface area contributed by atoms with E-state index >= 15 is 0 Å². The van der Waals surface area contributed by atoms with Gasteiger partial charge in [0.1, 0.15) is 18.7 Å². The average Bonchev–Trinajstić information content (AvgIpc) is 3.54. The Bertz CT molecular complexity index is 1150. The molecule has 1 aromatic heterocycles. The first-order chi connectivity index (χ1) is 19.5. The van der Waals surface area contributed by atoms with E-state index in [0.717, 1.165) is 21.7 Å². The van der Waals surface area contributed by atoms with E-state index in [-0.39, 0.29) is 38.6 Å². The van der Waals surface area contributed by atoms with Gasteiger partial charge in [0.25, 0.3) is 0 Å². The number of aliphatic hydroxyl groups excluding tert-OH is 1. The van der Waals surface area contributed by atoms with Gasteiger partial charge in [0.05, 0.1) is 48.6 Å². The molecule has 0 aliphatic carbocycles. The summed E-state index contributed by atoms with van der Waals surface area (Å²) in [5.41, 5.74) is 4.11. The molecule has 12 heteroatoms. The number of carbonyl (C=O) groups excluding carboxylic acids is 3. The molecule has 1 aliphatic rings. The second kappa shape index (κ2) is 15.4. The molecular formula is C29H42N4O7S. The molecule has 0 bridgehead atoms. The third-order valence-corrected chi connectivity index (χ3v) is 7.73. The van der Waals surface area contributed by atoms with Gasteiger partial charge in [-0.2, -0.15) is 0 Å². The maximum absolute atomic E-state index is 13.7. The van der Waals surface area contributed by atoms with Crippen molar-refractivity contribution in [3.8, 4) is 10.4 Å². The molecule has 0 radical (unpaired) electrons. The number of carbonyl (C=O) groups is 3. The van der Waals surface area contributed by atoms with Crippen LogP contribution in [0.5, 0.6) is 0 Å². The minimum absolute atomic E-state index is 0.0115. The van der Waals surface area contributed by atoms with Crippen LogP contribution in [0.25, 0.3) is 10.4 Å². The highest BCUT2D eigenvalue weighted by Crippen LogP contribution is 2.28. The number of nitrogens with zero attached hydrogens (tertiary/aromatic N) is 2. The Morgan fingerprint density at radius 3 is 2.44 bits per heavy atom. The fourth-order valence-electron chi connectivity index (χ4n) is 4.51. The number of methoxy groups -OCH3 is 1. The monoisotopic (exact) mass is 590 g/mol. The van der Waals surface area contributed by atoms with Crippen molar-refractivity contribution < 1.29 is 33.7 Å². The summed E-state index contributed by atoms with van der Waals surface area (Å²) >= 11 is 1.58. The number of benzene rings is 1. The number of amides is 3. The molecule has 3 amide bonds. The number of aromatic nitrogens is 1. The first-order valence-electron chi connectivity index (χ1n) is 13.7. The molecule has 3 rings (SSSR count). The molecule has 1 aromatic carbocycles. The van der Waals surface area contributed by atoms with Crippen molar-refractivity contribution in [1.29, 1.82) is 0 Å². The van der Waals surface area contributed by atoms with Crippen LogP contribution >= 0.6 is 11.3 Å². The van der Waals surface area contributed by atoms with E-state index in [1.165, 1.54) is 4.90 Å². The van der Waals surface area contributed by atoms with E-state index in [4.69, 9.17) is 14.2 Å². The molecule has 41 heavy (non-hydrogen) atoms. The zero-order valence-electron chi connectivity index (χ0n) is 24.5. The van der Waals surface area contributed by atoms with Gasteiger partial charge in [0.2, 0.25) is 17.7 Å². The van der Waals surface area contributed by atoms with Crippen molar-refractivity contribution in [2.45, 2.75) is 58.8 Å². The number of thiazole rings is 1. The molecule has 11 nitrogen and oxygen atoms in total. The molecule has 0 saturated carbocycles. The number of aryl methyl sites for hydroxylation is 1. The van der Waals surface area contributed by atoms with Crippen LogP contribution < -0.4 is 10.6 Å². The van der Waals surface area contributed by atoms with Gasteiger partial charge in [-0.3, -0.25) is 14.4 Å². The number of nitrogens with one attached hydrogen (secondary N) is 2. The van der Waals surface area contributed by atoms with E-state index < -0.39 is 35.4 Å². The van der Waals surface area contributed by atoms with Crippen LogP contribution in [-0.4, -0.2) is 97.6 Å². The van der Waals surface area contributed by atoms with Crippen LogP contribution in [-0.2, 0) is 35.1 Å². The Morgan fingerprint density at radius 1 is 1.12 bits per heavy atom. The maximum Gasteiger partial charge on any atom is 0.246 e. The maximum atomic E-state index is 13.7. The SMILES string of the molecule is COCCOCCOCC(=O)N[C@H](C(=O)N1C[C@H](O)C[C@H]1C(=O)NCc1ccc(-c2scnc2C)cc1)C(C)(C)C. The van der Waals surface area contributed by atoms with Gasteiger partial charge in [-0.1, -0.05) is 45.0 Å². The minimum Gasteiger partial charge on any atom is -0.391 e. The zero-order valence-corrected chi connectivity index (χ0v) is 25.3. The standard InChI is InChI=1S/C29H42N4O7S/c1-19-25(41-18-31-19)21-8-6-20(7-9-21)15-30-27(36)23-14-22(34)16-33(23)28(37)26(29(2,3)4)32-24(35)17-40-13-12-39-11-10-38-5/h6-9,18,22-23,26,34H,10-17H2,1-5H3,(H,30,36)(H,32,35)/t22-,23+,26-/m1/s1. The van der Waals surface area contributed by atoms with Crippen LogP contribution in [0.1, 0.15) is 38.4 Å². The molecule has 2 aromatic rings. The average molecular weight is 591 g/mol. The molecule has 3 N–H and O–H groups in total. The van der Waals surface area contributed by atoms with Crippen molar-refractivity contribution in [3.63, 3.8) is 0 Å². The first kappa shape index (κ1) is 32.6. The van der Waals surface area contributed by atoms with Crippen molar-refractivity contribution in [2.24, 2.45) is 5.41 Å². The number of β-amino-alcohol motifs (C(OH)–C–C–N with tert-alkyl or cyclic N) is 1. The molecule has 0 spiro atoms. The lowest BCUT2D eigenvalue weighted by Gasteiger charge is -2.35. The summed E-state index contributed by atoms with van der Waals surface area (Å²) in [6.45, 7) is 8.97. The van der Waals surface area contributed by atoms with Gasteiger partial charge in [-0.25, -0.2) is 4.98 Å². The molecule has 1 saturated heterocycles. The van der Waals surface area contributed by atoms with Gasteiger partial charge < -0.3 is 34.9 Å². The van der Waals surface area contributed by atoms with Crippen molar-refractivity contribution >= 4 is 29.1 Å². The summed E-state index contributed by atoms with van der Waals surface area (Å²) in [7, 11) is 1.58. The Labute approximate surface area is 245 Å². The molecular weight excluding hydrogens is 548 g/mol. The zero-order chi connectivity index (χ0) is 30.0. The second-order valence-electron chi connectivity index (χ2n) is 11.1. The topological polar surface area (TPSA) is 139 Å². The van der Waals surface area contributed by atoms with E-state index in [1.807, 2.05) is 57.5 Å². The molecule has 0 unspecified atom stereocenters. The largest absolute Gasteiger partial charge is 0.391 e. The van der Waals surface area contributed by atoms with Crippen LogP contribution in [0.2, 0.25) is 0 Å². The number of aliphatic hydroxyl groups is 1. The smallest absolute Gasteiger partial charge is 0.246 e. The van der Waals surface area contributed by atoms with Gasteiger partial charge >= 0.3 is 0 Å². The van der Waals surface area contributed by atoms with Gasteiger partial charge in [0.15, 0.2) is 0 Å². The Balaban J connectivity index is 1.57. The fraction of sp³-hybridized carbons (Fsp3) is 0.586. The summed E-state index contributed by atoms with van der Waals surface area (Å²) in [4.78, 5) is 46.2. The predicted octanol–water partition coefficient (Wildman–Crippen LogP) is 1.91. The lowest BCUT2D eigenvalue weighted by Crippen LogP contribution is -2.58. The normalized spacial score (nSPS) is 17.9. The van der Waals surface area contributed by atoms with Gasteiger partial charge in [-0.05, 0) is 23.5 Å². The van der Waals surface area contributed by atoms with Crippen LogP contribution in [0.15, 0.2) is 29.8 Å². The van der Waals surface area contributed by atoms with Crippen LogP contribution in [0.3, 0.4) is 0 Å². The lowest BCUT2D eigenvalue weighted by molar-refractivity contribution is -0.144. The van der Waals surface area contributed by atoms with Crippen molar-refractivity contribution in [1.82, 2.24) is 20.5 Å². The summed E-state index contributed by atoms with van der Waals surface area (Å²) in [5.74, 6) is -1.23. The van der Waals surface area contributed by atoms with Gasteiger partial charge in [-0.15, -0.1) is 11.3 Å². The molecule has 1 fully saturated rings. The number of rotatable bonds is 14. The fourth-order valence-corrected chi connectivity index (χ4v) is 5.32. The third kappa shape index (κ3) is 9.57. The van der Waals surface area contributed by atoms with Crippen molar-refractivity contribution in [2.75, 3.05) is 46.7 Å². The Hall–Kier alpha value is -2.90. The van der Waals surface area contributed by atoms with E-state index in [9.17, 15) is 19.5 Å². The highest BCUT2D eigenvalue weighted by atomic mass is 32.1. The summed E-state index contributed by atoms with van der Waals surface area (Å²) in [6, 6.07) is 6.11. The summed E-state index contributed by atoms with van der Waals surface area (Å²) < 4.78 is 15.6. The lowest BCUT2D eigenvalue weighted by atomic mass is 9.85. The molecule has 2 heterocycles. The highest BCUT2D eigenvalue weighted by molar-refractivity contribution is 7.13. The Morgan fingerprint density at radius 2 is 1.80 bits per heavy atom. The van der Waals surface area contributed by atoms with Gasteiger partial charge in [0, 0.05) is 26.6 Å². The van der Waals surface area contributed by atoms with E-state index in [2.05, 4.69) is 15.6 Å². The number of likely N-dealkylation sites (tertiary alicyclic amines) is 1. The van der Waals surface area contributed by atoms with Crippen molar-refractivity contribution in [3.05, 3.63) is 41.0 Å². The predicted molar refractivity (Wildman–Crippen MR) is 155 cm³/mol. The quantitative estimate of drug-likeness (QED) is 0.284. The highest BCUT2D eigenvalue weighted by Gasteiger charge is 2.44. The summed E-state index contributed by atoms with van der Waals surface area (Å²) in [6.07, 6.45) is -0.715. The minimum atomic E-state index is -0.917. The molecule has 3 atom stereocenters. The first-order valence-corrected chi connectivity index (χ1v) is 14.6. The number of hydrogen-bond acceptors (Lipinski definition) is 9. The number of ether oxygens (including phenoxy) is 3.